The summed E-state index contributed by atoms with van der Waals surface area (Å²) in [5.41, 5.74) is -0.656. The van der Waals surface area contributed by atoms with Gasteiger partial charge in [0, 0.05) is 28.5 Å². The molecule has 148 valence electrons. The number of rotatable bonds is 4. The fourth-order valence-corrected chi connectivity index (χ4v) is 3.61. The smallest absolute Gasteiger partial charge is 0.261 e. The molecule has 0 saturated carbocycles. The number of benzene rings is 1. The first kappa shape index (κ1) is 19.2. The van der Waals surface area contributed by atoms with Crippen LogP contribution in [-0.2, 0) is 0 Å². The highest BCUT2D eigenvalue weighted by atomic mass is 32.2. The van der Waals surface area contributed by atoms with E-state index in [1.165, 1.54) is 12.4 Å². The van der Waals surface area contributed by atoms with Crippen LogP contribution in [0, 0.1) is 13.8 Å². The molecule has 0 aliphatic carbocycles. The first-order valence-corrected chi connectivity index (χ1v) is 9.37. The Morgan fingerprint density at radius 2 is 1.86 bits per heavy atom. The Morgan fingerprint density at radius 3 is 2.59 bits per heavy atom. The third-order valence-corrected chi connectivity index (χ3v) is 5.02. The molecule has 0 bridgehead atoms. The van der Waals surface area contributed by atoms with Gasteiger partial charge in [0.05, 0.1) is 11.3 Å². The summed E-state index contributed by atoms with van der Waals surface area (Å²) in [5.74, 6) is 0.418. The molecule has 0 radical (unpaired) electrons. The maximum atomic E-state index is 13.1. The van der Waals surface area contributed by atoms with E-state index in [0.717, 1.165) is 16.9 Å². The average Bonchev–Trinajstić information content (AvgIpc) is 3.32. The van der Waals surface area contributed by atoms with Crippen molar-refractivity contribution in [2.75, 3.05) is 0 Å². The van der Waals surface area contributed by atoms with Gasteiger partial charge in [0.15, 0.2) is 5.82 Å². The van der Waals surface area contributed by atoms with Gasteiger partial charge in [-0.15, -0.1) is 0 Å². The van der Waals surface area contributed by atoms with Gasteiger partial charge >= 0.3 is 5.51 Å². The highest BCUT2D eigenvalue weighted by molar-refractivity contribution is 8.00. The molecule has 1 aromatic carbocycles. The van der Waals surface area contributed by atoms with E-state index >= 15 is 0 Å². The Kier molecular flexibility index (Phi) is 4.87. The number of aromatic amines is 1. The molecule has 0 amide bonds. The van der Waals surface area contributed by atoms with Gasteiger partial charge in [-0.3, -0.25) is 10.1 Å². The molecule has 0 spiro atoms. The Bertz CT molecular complexity index is 1150. The number of pyridine rings is 1. The molecule has 0 unspecified atom stereocenters. The van der Waals surface area contributed by atoms with Gasteiger partial charge in [-0.2, -0.15) is 23.4 Å². The average molecular weight is 416 g/mol. The number of hydrogen-bond donors (Lipinski definition) is 1. The first-order valence-electron chi connectivity index (χ1n) is 8.56. The monoisotopic (exact) mass is 416 g/mol. The summed E-state index contributed by atoms with van der Waals surface area (Å²) in [7, 11) is 0. The predicted octanol–water partition coefficient (Wildman–Crippen LogP) is 4.95. The number of H-pyrrole nitrogens is 1. The molecule has 0 atom stereocenters. The van der Waals surface area contributed by atoms with E-state index in [4.69, 9.17) is 0 Å². The van der Waals surface area contributed by atoms with Crippen LogP contribution in [0.25, 0.3) is 28.3 Å². The largest absolute Gasteiger partial charge is 0.446 e. The van der Waals surface area contributed by atoms with Crippen molar-refractivity contribution in [1.82, 2.24) is 29.9 Å². The second-order valence-corrected chi connectivity index (χ2v) is 7.43. The van der Waals surface area contributed by atoms with Crippen LogP contribution >= 0.6 is 11.8 Å². The van der Waals surface area contributed by atoms with E-state index in [1.54, 1.807) is 35.3 Å². The van der Waals surface area contributed by atoms with Crippen LogP contribution in [0.4, 0.5) is 13.2 Å². The Hall–Kier alpha value is -3.14. The number of aryl methyl sites for hydroxylation is 2. The molecular formula is C19H15F3N6S. The van der Waals surface area contributed by atoms with E-state index in [9.17, 15) is 13.2 Å². The topological polar surface area (TPSA) is 72.3 Å². The van der Waals surface area contributed by atoms with Gasteiger partial charge in [0.2, 0.25) is 0 Å². The Balaban J connectivity index is 1.92. The van der Waals surface area contributed by atoms with Crippen LogP contribution < -0.4 is 0 Å². The minimum Gasteiger partial charge on any atom is -0.261 e. The summed E-state index contributed by atoms with van der Waals surface area (Å²) >= 11 is -0.167. The fraction of sp³-hybridized carbons (Fsp3) is 0.158. The zero-order valence-electron chi connectivity index (χ0n) is 15.4. The Labute approximate surface area is 168 Å². The third-order valence-electron chi connectivity index (χ3n) is 4.21. The molecule has 10 heteroatoms. The minimum absolute atomic E-state index is 0.0636. The van der Waals surface area contributed by atoms with E-state index in [-0.39, 0.29) is 16.7 Å². The van der Waals surface area contributed by atoms with Crippen molar-refractivity contribution in [1.29, 1.82) is 0 Å². The molecule has 0 aliphatic rings. The minimum atomic E-state index is -4.41. The van der Waals surface area contributed by atoms with Crippen LogP contribution in [0.5, 0.6) is 0 Å². The van der Waals surface area contributed by atoms with E-state index < -0.39 is 5.51 Å². The number of halogens is 3. The lowest BCUT2D eigenvalue weighted by atomic mass is 10.1. The molecule has 0 fully saturated rings. The van der Waals surface area contributed by atoms with Crippen LogP contribution in [0.3, 0.4) is 0 Å². The van der Waals surface area contributed by atoms with Crippen LogP contribution in [-0.4, -0.2) is 35.5 Å². The normalized spacial score (nSPS) is 11.8. The SMILES string of the molecule is Cc1cc(-n2cc(-c3ncn[nH]3)c(-c3ccccc3SC(F)(F)F)n2)c(C)cn1. The molecule has 0 aliphatic heterocycles. The standard InChI is InChI=1S/C19H15F3N6S/c1-11-8-23-12(2)7-15(11)28-9-14(18-24-10-25-26-18)17(27-28)13-5-3-4-6-16(13)29-19(20,21)22/h3-10H,1-2H3,(H,24,25,26). The quantitative estimate of drug-likeness (QED) is 0.477. The first-order chi connectivity index (χ1) is 13.8. The molecule has 6 nitrogen and oxygen atoms in total. The summed E-state index contributed by atoms with van der Waals surface area (Å²) in [5, 5.41) is 11.2. The maximum Gasteiger partial charge on any atom is 0.446 e. The number of alkyl halides is 3. The van der Waals surface area contributed by atoms with Crippen LogP contribution in [0.2, 0.25) is 0 Å². The number of nitrogens with zero attached hydrogens (tertiary/aromatic N) is 5. The number of hydrogen-bond acceptors (Lipinski definition) is 5. The van der Waals surface area contributed by atoms with Crippen molar-refractivity contribution in [2.24, 2.45) is 0 Å². The molecular weight excluding hydrogens is 401 g/mol. The third kappa shape index (κ3) is 4.02. The van der Waals surface area contributed by atoms with Crippen molar-refractivity contribution in [2.45, 2.75) is 24.3 Å². The highest BCUT2D eigenvalue weighted by Gasteiger charge is 2.31. The lowest BCUT2D eigenvalue weighted by molar-refractivity contribution is -0.0328. The van der Waals surface area contributed by atoms with Crippen LogP contribution in [0.15, 0.2) is 53.9 Å². The summed E-state index contributed by atoms with van der Waals surface area (Å²) in [6.07, 6.45) is 4.80. The molecule has 0 saturated heterocycles. The van der Waals surface area contributed by atoms with Gasteiger partial charge in [-0.05, 0) is 43.3 Å². The van der Waals surface area contributed by atoms with Gasteiger partial charge in [-0.1, -0.05) is 18.2 Å². The lowest BCUT2D eigenvalue weighted by Crippen LogP contribution is -2.01. The van der Waals surface area contributed by atoms with Crippen molar-refractivity contribution in [3.63, 3.8) is 0 Å². The number of thioether (sulfide) groups is 1. The van der Waals surface area contributed by atoms with Crippen molar-refractivity contribution < 1.29 is 13.2 Å². The van der Waals surface area contributed by atoms with E-state index in [1.807, 2.05) is 19.9 Å². The second-order valence-electron chi connectivity index (χ2n) is 6.33. The maximum absolute atomic E-state index is 13.1. The van der Waals surface area contributed by atoms with Crippen molar-refractivity contribution in [3.8, 4) is 28.3 Å². The van der Waals surface area contributed by atoms with Gasteiger partial charge in [0.1, 0.15) is 12.0 Å². The van der Waals surface area contributed by atoms with E-state index in [0.29, 0.717) is 22.6 Å². The number of aromatic nitrogens is 6. The summed E-state index contributed by atoms with van der Waals surface area (Å²) in [4.78, 5) is 8.48. The van der Waals surface area contributed by atoms with Crippen molar-refractivity contribution >= 4 is 11.8 Å². The summed E-state index contributed by atoms with van der Waals surface area (Å²) in [6.45, 7) is 3.75. The lowest BCUT2D eigenvalue weighted by Gasteiger charge is -2.10. The van der Waals surface area contributed by atoms with Crippen LogP contribution in [0.1, 0.15) is 11.3 Å². The summed E-state index contributed by atoms with van der Waals surface area (Å²) < 4.78 is 40.9. The molecule has 1 N–H and O–H groups in total. The molecule has 4 rings (SSSR count). The zero-order chi connectivity index (χ0) is 20.6. The molecule has 4 aromatic rings. The fourth-order valence-electron chi connectivity index (χ4n) is 2.94. The summed E-state index contributed by atoms with van der Waals surface area (Å²) in [6, 6.07) is 8.16. The van der Waals surface area contributed by atoms with Crippen molar-refractivity contribution in [3.05, 3.63) is 60.3 Å². The highest BCUT2D eigenvalue weighted by Crippen LogP contribution is 2.43. The Morgan fingerprint density at radius 1 is 1.07 bits per heavy atom. The van der Waals surface area contributed by atoms with Gasteiger partial charge in [-0.25, -0.2) is 9.67 Å². The van der Waals surface area contributed by atoms with Gasteiger partial charge < -0.3 is 0 Å². The molecule has 3 aromatic heterocycles. The van der Waals surface area contributed by atoms with Gasteiger partial charge in [0.25, 0.3) is 0 Å². The second kappa shape index (κ2) is 7.36. The zero-order valence-corrected chi connectivity index (χ0v) is 16.2. The number of nitrogens with one attached hydrogen (secondary N) is 1. The molecule has 3 heterocycles. The van der Waals surface area contributed by atoms with E-state index in [2.05, 4.69) is 25.3 Å². The molecule has 29 heavy (non-hydrogen) atoms. The predicted molar refractivity (Wildman–Crippen MR) is 104 cm³/mol.